The number of benzene rings is 2. The molecule has 0 aliphatic carbocycles. The fraction of sp³-hybridized carbons (Fsp3) is 0.278. The van der Waals surface area contributed by atoms with Gasteiger partial charge in [0.1, 0.15) is 12.4 Å². The average molecular weight is 311 g/mol. The van der Waals surface area contributed by atoms with Crippen LogP contribution in [-0.4, -0.2) is 24.1 Å². The van der Waals surface area contributed by atoms with Gasteiger partial charge in [0.05, 0.1) is 13.1 Å². The number of nitrogens with two attached hydrogens (primary N) is 1. The van der Waals surface area contributed by atoms with E-state index in [0.717, 1.165) is 28.1 Å². The summed E-state index contributed by atoms with van der Waals surface area (Å²) in [5, 5.41) is 2.96. The minimum absolute atomic E-state index is 0.126. The lowest BCUT2D eigenvalue weighted by molar-refractivity contribution is 0.200. The van der Waals surface area contributed by atoms with Crippen molar-refractivity contribution in [1.82, 2.24) is 4.90 Å². The second-order valence-corrected chi connectivity index (χ2v) is 5.72. The van der Waals surface area contributed by atoms with Crippen LogP contribution >= 0.6 is 0 Å². The van der Waals surface area contributed by atoms with Crippen LogP contribution in [-0.2, 0) is 13.1 Å². The molecule has 5 heteroatoms. The van der Waals surface area contributed by atoms with Gasteiger partial charge in [0.2, 0.25) is 0 Å². The summed E-state index contributed by atoms with van der Waals surface area (Å²) in [4.78, 5) is 14.3. The first kappa shape index (κ1) is 15.4. The number of anilines is 1. The monoisotopic (exact) mass is 311 g/mol. The number of fused-ring (bicyclic) bond motifs is 1. The number of amides is 2. The predicted molar refractivity (Wildman–Crippen MR) is 90.4 cm³/mol. The molecule has 2 aromatic carbocycles. The summed E-state index contributed by atoms with van der Waals surface area (Å²) in [6.45, 7) is 4.03. The van der Waals surface area contributed by atoms with Crippen LogP contribution < -0.4 is 15.8 Å². The molecule has 3 N–H and O–H groups in total. The summed E-state index contributed by atoms with van der Waals surface area (Å²) in [5.41, 5.74) is 9.57. The first-order valence-electron chi connectivity index (χ1n) is 7.73. The molecule has 3 rings (SSSR count). The number of ether oxygens (including phenoxy) is 1. The van der Waals surface area contributed by atoms with Gasteiger partial charge in [-0.15, -0.1) is 0 Å². The van der Waals surface area contributed by atoms with E-state index >= 15 is 0 Å². The molecule has 120 valence electrons. The number of carbonyl (C=O) groups excluding carboxylic acids is 1. The van der Waals surface area contributed by atoms with Crippen LogP contribution in [0.3, 0.4) is 0 Å². The summed E-state index contributed by atoms with van der Waals surface area (Å²) in [5.74, 6) is 0.851. The Labute approximate surface area is 136 Å². The van der Waals surface area contributed by atoms with Crippen LogP contribution in [0.25, 0.3) is 0 Å². The van der Waals surface area contributed by atoms with Crippen molar-refractivity contribution in [2.45, 2.75) is 20.0 Å². The van der Waals surface area contributed by atoms with Gasteiger partial charge in [0, 0.05) is 17.8 Å². The zero-order valence-electron chi connectivity index (χ0n) is 13.2. The molecule has 2 aromatic rings. The van der Waals surface area contributed by atoms with E-state index in [9.17, 15) is 4.79 Å². The Hall–Kier alpha value is -2.53. The highest BCUT2D eigenvalue weighted by Crippen LogP contribution is 2.23. The smallest absolute Gasteiger partial charge is 0.322 e. The number of urea groups is 1. The number of nitrogens with one attached hydrogen (secondary N) is 1. The van der Waals surface area contributed by atoms with Crippen LogP contribution in [0.1, 0.15) is 16.7 Å². The Balaban J connectivity index is 1.75. The molecule has 1 aliphatic rings. The van der Waals surface area contributed by atoms with Gasteiger partial charge in [-0.05, 0) is 36.2 Å². The normalized spacial score (nSPS) is 13.7. The maximum atomic E-state index is 12.6. The Kier molecular flexibility index (Phi) is 4.48. The summed E-state index contributed by atoms with van der Waals surface area (Å²) in [6, 6.07) is 13.6. The van der Waals surface area contributed by atoms with Crippen molar-refractivity contribution in [1.29, 1.82) is 0 Å². The highest BCUT2D eigenvalue weighted by Gasteiger charge is 2.19. The Morgan fingerprint density at radius 1 is 1.30 bits per heavy atom. The zero-order chi connectivity index (χ0) is 16.2. The number of carbonyl (C=O) groups is 1. The minimum atomic E-state index is -0.126. The third-order valence-electron chi connectivity index (χ3n) is 3.86. The van der Waals surface area contributed by atoms with Crippen molar-refractivity contribution in [2.75, 3.05) is 18.5 Å². The fourth-order valence-electron chi connectivity index (χ4n) is 2.75. The van der Waals surface area contributed by atoms with Crippen molar-refractivity contribution >= 4 is 11.7 Å². The molecule has 0 saturated heterocycles. The summed E-state index contributed by atoms with van der Waals surface area (Å²) in [6.07, 6.45) is 0. The van der Waals surface area contributed by atoms with Crippen LogP contribution in [0.4, 0.5) is 10.5 Å². The van der Waals surface area contributed by atoms with Crippen molar-refractivity contribution in [3.8, 4) is 5.75 Å². The average Bonchev–Trinajstić information content (AvgIpc) is 2.76. The molecule has 2 amide bonds. The molecule has 0 bridgehead atoms. The summed E-state index contributed by atoms with van der Waals surface area (Å²) >= 11 is 0. The number of hydrogen-bond donors (Lipinski definition) is 2. The second-order valence-electron chi connectivity index (χ2n) is 5.72. The van der Waals surface area contributed by atoms with Crippen LogP contribution in [0, 0.1) is 6.92 Å². The van der Waals surface area contributed by atoms with Crippen LogP contribution in [0.2, 0.25) is 0 Å². The van der Waals surface area contributed by atoms with Gasteiger partial charge < -0.3 is 20.7 Å². The van der Waals surface area contributed by atoms with Crippen LogP contribution in [0.15, 0.2) is 42.5 Å². The van der Waals surface area contributed by atoms with Gasteiger partial charge in [-0.3, -0.25) is 0 Å². The van der Waals surface area contributed by atoms with Gasteiger partial charge >= 0.3 is 6.03 Å². The molecule has 1 heterocycles. The van der Waals surface area contributed by atoms with Gasteiger partial charge in [-0.1, -0.05) is 24.3 Å². The highest BCUT2D eigenvalue weighted by molar-refractivity contribution is 5.89. The van der Waals surface area contributed by atoms with Crippen molar-refractivity contribution in [2.24, 2.45) is 5.73 Å². The zero-order valence-corrected chi connectivity index (χ0v) is 13.2. The maximum Gasteiger partial charge on any atom is 0.322 e. The topological polar surface area (TPSA) is 67.6 Å². The molecule has 0 spiro atoms. The fourth-order valence-corrected chi connectivity index (χ4v) is 2.75. The number of rotatable bonds is 2. The largest absolute Gasteiger partial charge is 0.491 e. The number of hydrogen-bond acceptors (Lipinski definition) is 3. The minimum Gasteiger partial charge on any atom is -0.491 e. The number of nitrogens with zero attached hydrogens (tertiary/aromatic N) is 1. The third-order valence-corrected chi connectivity index (χ3v) is 3.86. The molecule has 5 nitrogen and oxygen atoms in total. The molecule has 1 aliphatic heterocycles. The lowest BCUT2D eigenvalue weighted by atomic mass is 10.1. The van der Waals surface area contributed by atoms with E-state index in [-0.39, 0.29) is 6.03 Å². The van der Waals surface area contributed by atoms with E-state index in [4.69, 9.17) is 10.5 Å². The van der Waals surface area contributed by atoms with Gasteiger partial charge in [-0.25, -0.2) is 4.79 Å². The van der Waals surface area contributed by atoms with E-state index in [1.54, 1.807) is 4.90 Å². The van der Waals surface area contributed by atoms with E-state index < -0.39 is 0 Å². The predicted octanol–water partition coefficient (Wildman–Crippen LogP) is 2.88. The number of aryl methyl sites for hydroxylation is 1. The standard InChI is InChI=1S/C18H21N3O2/c1-13-8-14(11-19)10-16(9-13)20-18(22)21-6-7-23-17-5-3-2-4-15(17)12-21/h2-5,8-10H,6-7,11-12,19H2,1H3,(H,20,22). The Morgan fingerprint density at radius 2 is 2.13 bits per heavy atom. The molecular weight excluding hydrogens is 290 g/mol. The molecule has 23 heavy (non-hydrogen) atoms. The molecule has 0 unspecified atom stereocenters. The first-order chi connectivity index (χ1) is 11.2. The molecule has 0 radical (unpaired) electrons. The molecule has 0 aromatic heterocycles. The summed E-state index contributed by atoms with van der Waals surface area (Å²) < 4.78 is 5.70. The first-order valence-corrected chi connectivity index (χ1v) is 7.73. The SMILES string of the molecule is Cc1cc(CN)cc(NC(=O)N2CCOc3ccccc3C2)c1. The third kappa shape index (κ3) is 3.63. The van der Waals surface area contributed by atoms with Crippen LogP contribution in [0.5, 0.6) is 5.75 Å². The van der Waals surface area contributed by atoms with E-state index in [0.29, 0.717) is 26.2 Å². The van der Waals surface area contributed by atoms with Gasteiger partial charge in [0.25, 0.3) is 0 Å². The van der Waals surface area contributed by atoms with Crippen molar-refractivity contribution < 1.29 is 9.53 Å². The molecule has 0 atom stereocenters. The van der Waals surface area contributed by atoms with Crippen molar-refractivity contribution in [3.05, 3.63) is 59.2 Å². The lowest BCUT2D eigenvalue weighted by Gasteiger charge is -2.21. The number of para-hydroxylation sites is 1. The molecule has 0 saturated carbocycles. The van der Waals surface area contributed by atoms with E-state index in [1.807, 2.05) is 49.4 Å². The van der Waals surface area contributed by atoms with Gasteiger partial charge in [0.15, 0.2) is 0 Å². The van der Waals surface area contributed by atoms with E-state index in [2.05, 4.69) is 5.32 Å². The molecular formula is C18H21N3O2. The molecule has 0 fully saturated rings. The quantitative estimate of drug-likeness (QED) is 0.896. The maximum absolute atomic E-state index is 12.6. The summed E-state index contributed by atoms with van der Waals surface area (Å²) in [7, 11) is 0. The van der Waals surface area contributed by atoms with Gasteiger partial charge in [-0.2, -0.15) is 0 Å². The Bertz CT molecular complexity index is 715. The highest BCUT2D eigenvalue weighted by atomic mass is 16.5. The van der Waals surface area contributed by atoms with Crippen molar-refractivity contribution in [3.63, 3.8) is 0 Å². The lowest BCUT2D eigenvalue weighted by Crippen LogP contribution is -2.36. The van der Waals surface area contributed by atoms with E-state index in [1.165, 1.54) is 0 Å². The second kappa shape index (κ2) is 6.71. The Morgan fingerprint density at radius 3 is 2.96 bits per heavy atom.